The minimum absolute atomic E-state index is 0.0344. The Morgan fingerprint density at radius 1 is 0.891 bits per heavy atom. The van der Waals surface area contributed by atoms with Crippen molar-refractivity contribution in [2.45, 2.75) is 219 Å². The molecular formula is C53H84O9Si2. The highest BCUT2D eigenvalue weighted by Crippen LogP contribution is 2.41. The van der Waals surface area contributed by atoms with Crippen LogP contribution in [0.25, 0.3) is 0 Å². The highest BCUT2D eigenvalue weighted by atomic mass is 28.4. The molecule has 7 atom stereocenters. The molecule has 2 aromatic rings. The average molecular weight is 921 g/mol. The third kappa shape index (κ3) is 15.4. The van der Waals surface area contributed by atoms with E-state index in [-0.39, 0.29) is 59.5 Å². The molecule has 0 aliphatic carbocycles. The summed E-state index contributed by atoms with van der Waals surface area (Å²) >= 11 is 0. The van der Waals surface area contributed by atoms with Crippen LogP contribution in [0.5, 0.6) is 5.75 Å². The number of cyclic esters (lactones) is 1. The molecule has 64 heavy (non-hydrogen) atoms. The summed E-state index contributed by atoms with van der Waals surface area (Å²) in [5.41, 5.74) is 1.91. The fourth-order valence-electron chi connectivity index (χ4n) is 8.76. The van der Waals surface area contributed by atoms with E-state index >= 15 is 0 Å². The van der Waals surface area contributed by atoms with Crippen molar-refractivity contribution in [2.75, 3.05) is 6.61 Å². The van der Waals surface area contributed by atoms with Crippen molar-refractivity contribution in [2.24, 2.45) is 11.3 Å². The van der Waals surface area contributed by atoms with E-state index in [1.807, 2.05) is 38.1 Å². The Balaban J connectivity index is 1.26. The largest absolute Gasteiger partial charge is 0.466 e. The molecule has 2 saturated heterocycles. The third-order valence-electron chi connectivity index (χ3n) is 13.9. The third-order valence-corrected chi connectivity index (χ3v) is 20.2. The van der Waals surface area contributed by atoms with Gasteiger partial charge < -0.3 is 32.8 Å². The number of hydrogen-bond donors (Lipinski definition) is 0. The quantitative estimate of drug-likeness (QED) is 0.0688. The van der Waals surface area contributed by atoms with Crippen LogP contribution in [0.15, 0.2) is 60.7 Å². The van der Waals surface area contributed by atoms with Crippen molar-refractivity contribution in [3.05, 3.63) is 77.4 Å². The van der Waals surface area contributed by atoms with Crippen LogP contribution in [0.2, 0.25) is 43.8 Å². The molecule has 5 rings (SSSR count). The number of esters is 2. The van der Waals surface area contributed by atoms with Gasteiger partial charge in [-0.25, -0.2) is 4.79 Å². The van der Waals surface area contributed by atoms with E-state index in [0.29, 0.717) is 24.5 Å². The number of hydrogen-bond acceptors (Lipinski definition) is 9. The van der Waals surface area contributed by atoms with Crippen molar-refractivity contribution in [1.29, 1.82) is 0 Å². The average Bonchev–Trinajstić information content (AvgIpc) is 3.20. The zero-order chi connectivity index (χ0) is 46.9. The second kappa shape index (κ2) is 22.3. The smallest absolute Gasteiger partial charge is 0.345 e. The van der Waals surface area contributed by atoms with Gasteiger partial charge in [0.25, 0.3) is 0 Å². The minimum Gasteiger partial charge on any atom is -0.466 e. The lowest BCUT2D eigenvalue weighted by Gasteiger charge is -2.42. The normalized spacial score (nSPS) is 23.4. The lowest BCUT2D eigenvalue weighted by atomic mass is 9.81. The first-order valence-electron chi connectivity index (χ1n) is 24.5. The summed E-state index contributed by atoms with van der Waals surface area (Å²) in [6, 6.07) is 17.2. The number of carbonyl (C=O) groups excluding carboxylic acids is 2. The number of fused-ring (bicyclic) bond motifs is 1. The van der Waals surface area contributed by atoms with Gasteiger partial charge in [-0.05, 0) is 132 Å². The molecule has 3 heterocycles. The molecule has 0 saturated carbocycles. The number of benzene rings is 2. The van der Waals surface area contributed by atoms with Crippen molar-refractivity contribution >= 4 is 28.3 Å². The molecule has 3 aliphatic heterocycles. The Labute approximate surface area is 389 Å². The van der Waals surface area contributed by atoms with Gasteiger partial charge in [-0.15, -0.1) is 0 Å². The second-order valence-electron chi connectivity index (χ2n) is 22.7. The monoisotopic (exact) mass is 921 g/mol. The van der Waals surface area contributed by atoms with Gasteiger partial charge in [0.15, 0.2) is 8.32 Å². The van der Waals surface area contributed by atoms with Crippen LogP contribution in [0.3, 0.4) is 0 Å². The van der Waals surface area contributed by atoms with Crippen LogP contribution in [0.1, 0.15) is 141 Å². The van der Waals surface area contributed by atoms with E-state index < -0.39 is 27.6 Å². The van der Waals surface area contributed by atoms with Crippen LogP contribution in [-0.4, -0.2) is 77.3 Å². The van der Waals surface area contributed by atoms with Gasteiger partial charge in [0, 0.05) is 21.9 Å². The highest BCUT2D eigenvalue weighted by Gasteiger charge is 2.44. The maximum absolute atomic E-state index is 13.5. The van der Waals surface area contributed by atoms with E-state index in [1.54, 1.807) is 13.8 Å². The summed E-state index contributed by atoms with van der Waals surface area (Å²) in [6.45, 7) is 29.3. The predicted octanol–water partition coefficient (Wildman–Crippen LogP) is 13.0. The fourth-order valence-corrected chi connectivity index (χ4v) is 10.9. The van der Waals surface area contributed by atoms with E-state index in [2.05, 4.69) is 96.8 Å². The number of aryl methyl sites for hydroxylation is 1. The summed E-state index contributed by atoms with van der Waals surface area (Å²) in [6.07, 6.45) is 14.3. The Morgan fingerprint density at radius 2 is 1.59 bits per heavy atom. The first kappa shape index (κ1) is 52.2. The summed E-state index contributed by atoms with van der Waals surface area (Å²) in [5.74, 6) is -0.739. The molecule has 2 fully saturated rings. The second-order valence-corrected chi connectivity index (χ2v) is 33.1. The molecule has 0 amide bonds. The molecule has 9 nitrogen and oxygen atoms in total. The molecule has 11 heteroatoms. The summed E-state index contributed by atoms with van der Waals surface area (Å²) in [5, 5.41) is 0.0344. The van der Waals surface area contributed by atoms with Gasteiger partial charge >= 0.3 is 11.9 Å². The van der Waals surface area contributed by atoms with E-state index in [1.165, 1.54) is 0 Å². The van der Waals surface area contributed by atoms with Gasteiger partial charge in [0.05, 0.1) is 55.3 Å². The van der Waals surface area contributed by atoms with Gasteiger partial charge in [-0.2, -0.15) is 0 Å². The minimum atomic E-state index is -2.19. The van der Waals surface area contributed by atoms with Crippen molar-refractivity contribution in [3.8, 4) is 5.75 Å². The molecule has 0 bridgehead atoms. The topological polar surface area (TPSA) is 98.8 Å². The van der Waals surface area contributed by atoms with Crippen molar-refractivity contribution in [1.82, 2.24) is 0 Å². The summed E-state index contributed by atoms with van der Waals surface area (Å²) < 4.78 is 45.2. The van der Waals surface area contributed by atoms with Crippen LogP contribution in [-0.2, 0) is 45.9 Å². The van der Waals surface area contributed by atoms with Gasteiger partial charge in [0.1, 0.15) is 11.3 Å². The molecule has 0 aromatic heterocycles. The van der Waals surface area contributed by atoms with Crippen LogP contribution < -0.4 is 4.74 Å². The zero-order valence-electron chi connectivity index (χ0n) is 41.9. The Hall–Kier alpha value is -2.81. The highest BCUT2D eigenvalue weighted by molar-refractivity contribution is 6.76. The van der Waals surface area contributed by atoms with E-state index in [9.17, 15) is 9.59 Å². The molecule has 0 N–H and O–H groups in total. The number of ether oxygens (including phenoxy) is 6. The molecule has 3 aliphatic rings. The lowest BCUT2D eigenvalue weighted by Crippen LogP contribution is -2.47. The van der Waals surface area contributed by atoms with Gasteiger partial charge in [0.2, 0.25) is 5.79 Å². The summed E-state index contributed by atoms with van der Waals surface area (Å²) in [4.78, 5) is 26.4. The number of rotatable bonds is 21. The van der Waals surface area contributed by atoms with Crippen molar-refractivity contribution in [3.63, 3.8) is 0 Å². The molecule has 0 radical (unpaired) electrons. The van der Waals surface area contributed by atoms with Crippen molar-refractivity contribution < 1.29 is 42.4 Å². The molecular weight excluding hydrogens is 837 g/mol. The van der Waals surface area contributed by atoms with E-state index in [4.69, 9.17) is 32.8 Å². The van der Waals surface area contributed by atoms with Crippen LogP contribution >= 0.6 is 0 Å². The Bertz CT molecular complexity index is 1830. The molecule has 2 aromatic carbocycles. The Morgan fingerprint density at radius 3 is 2.30 bits per heavy atom. The van der Waals surface area contributed by atoms with Crippen LogP contribution in [0, 0.1) is 11.3 Å². The predicted molar refractivity (Wildman–Crippen MR) is 262 cm³/mol. The first-order valence-corrected chi connectivity index (χ1v) is 31.1. The maximum atomic E-state index is 13.5. The molecule has 0 spiro atoms. The standard InChI is InChI=1S/C53H84O9Si2/c1-38(31-32-42-27-19-26-41(58-42)25-17-23-40-24-18-29-45-48(40)49(54)61-53(7,8)60-45)46(62-64(12,13)51(2,3)4)36-44(57-37-39-21-15-14-16-22-39)35-43-28-20-30-47(59-43)52(5,6)50(55)56-33-34-63(9,10)11/h14-16,18,21-22,24,29,31-32,38,41-44,46-47H,17,19-20,23,25-28,30,33-37H2,1-13H3/b32-31+/t38-,41-,42-,43-,44-,46+,47+/m0/s1. The van der Waals surface area contributed by atoms with E-state index in [0.717, 1.165) is 87.8 Å². The Kier molecular flexibility index (Phi) is 18.2. The van der Waals surface area contributed by atoms with Gasteiger partial charge in [-0.3, -0.25) is 4.79 Å². The zero-order valence-corrected chi connectivity index (χ0v) is 43.9. The lowest BCUT2D eigenvalue weighted by molar-refractivity contribution is -0.173. The van der Waals surface area contributed by atoms with Crippen LogP contribution in [0.4, 0.5) is 0 Å². The summed E-state index contributed by atoms with van der Waals surface area (Å²) in [7, 11) is -3.52. The number of carbonyl (C=O) groups is 2. The SMILES string of the molecule is C[C@@H](/C=C/[C@@H]1CCC[C@H](CCCc2cccc3c2C(=O)OC(C)(C)O3)O1)[C@@H](C[C@H](C[C@@H]1CCC[C@H](C(C)(C)C(=O)OCC[Si](C)(C)C)O1)OCc1ccccc1)O[Si](C)(C)C(C)(C)C. The maximum Gasteiger partial charge on any atom is 0.345 e. The molecule has 0 unspecified atom stereocenters. The first-order chi connectivity index (χ1) is 29.9. The van der Waals surface area contributed by atoms with Gasteiger partial charge in [-0.1, -0.05) is 102 Å². The molecule has 358 valence electrons. The fraction of sp³-hybridized carbons (Fsp3) is 0.698.